The minimum absolute atomic E-state index is 0.201. The van der Waals surface area contributed by atoms with Crippen LogP contribution in [0.3, 0.4) is 0 Å². The zero-order valence-corrected chi connectivity index (χ0v) is 16.5. The van der Waals surface area contributed by atoms with Crippen LogP contribution < -0.4 is 5.32 Å². The lowest BCUT2D eigenvalue weighted by Gasteiger charge is -2.22. The summed E-state index contributed by atoms with van der Waals surface area (Å²) < 4.78 is 29.2. The number of carbonyl (C=O) groups is 2. The molecule has 1 atom stereocenters. The monoisotopic (exact) mass is 419 g/mol. The molecule has 0 saturated carbocycles. The predicted molar refractivity (Wildman–Crippen MR) is 104 cm³/mol. The van der Waals surface area contributed by atoms with Gasteiger partial charge in [-0.15, -0.1) is 0 Å². The summed E-state index contributed by atoms with van der Waals surface area (Å²) in [6.45, 7) is 0.481. The molecule has 10 heteroatoms. The summed E-state index contributed by atoms with van der Waals surface area (Å²) in [5.74, 6) is -0.433. The normalized spacial score (nSPS) is 17.2. The summed E-state index contributed by atoms with van der Waals surface area (Å²) in [7, 11) is -3.32. The Hall–Kier alpha value is -2.72. The van der Waals surface area contributed by atoms with Gasteiger partial charge in [0.2, 0.25) is 5.91 Å². The number of carbonyl (C=O) groups excluding carboxylic acids is 2. The van der Waals surface area contributed by atoms with Gasteiger partial charge in [0.25, 0.3) is 5.91 Å². The average molecular weight is 419 g/mol. The molecule has 0 bridgehead atoms. The van der Waals surface area contributed by atoms with Gasteiger partial charge >= 0.3 is 0 Å². The van der Waals surface area contributed by atoms with E-state index < -0.39 is 15.9 Å². The van der Waals surface area contributed by atoms with Crippen molar-refractivity contribution in [1.82, 2.24) is 9.88 Å². The van der Waals surface area contributed by atoms with Gasteiger partial charge in [-0.05, 0) is 43.2 Å². The van der Waals surface area contributed by atoms with Crippen LogP contribution >= 0.6 is 11.3 Å². The average Bonchev–Trinajstić information content (AvgIpc) is 3.38. The minimum Gasteiger partial charge on any atom is -0.459 e. The number of fused-ring (bicyclic) bond motifs is 1. The summed E-state index contributed by atoms with van der Waals surface area (Å²) >= 11 is 1.19. The number of anilines is 1. The van der Waals surface area contributed by atoms with Crippen LogP contribution in [0.1, 0.15) is 23.4 Å². The Morgan fingerprint density at radius 1 is 1.32 bits per heavy atom. The first-order chi connectivity index (χ1) is 13.3. The number of furan rings is 1. The smallest absolute Gasteiger partial charge is 0.290 e. The third-order valence-electron chi connectivity index (χ3n) is 4.57. The fraction of sp³-hybridized carbons (Fsp3) is 0.278. The zero-order valence-electron chi connectivity index (χ0n) is 14.9. The minimum atomic E-state index is -3.32. The fourth-order valence-corrected chi connectivity index (χ4v) is 4.83. The Morgan fingerprint density at radius 3 is 2.86 bits per heavy atom. The first kappa shape index (κ1) is 18.6. The number of thiazole rings is 1. The van der Waals surface area contributed by atoms with E-state index in [9.17, 15) is 18.0 Å². The van der Waals surface area contributed by atoms with Gasteiger partial charge in [-0.3, -0.25) is 9.59 Å². The van der Waals surface area contributed by atoms with Crippen LogP contribution in [-0.4, -0.2) is 49.0 Å². The number of likely N-dealkylation sites (tertiary alicyclic amines) is 1. The van der Waals surface area contributed by atoms with Crippen molar-refractivity contribution in [3.63, 3.8) is 0 Å². The van der Waals surface area contributed by atoms with Crippen molar-refractivity contribution in [2.45, 2.75) is 23.8 Å². The van der Waals surface area contributed by atoms with E-state index in [0.717, 1.165) is 12.7 Å². The van der Waals surface area contributed by atoms with E-state index in [4.69, 9.17) is 4.42 Å². The van der Waals surface area contributed by atoms with Crippen LogP contribution in [0.25, 0.3) is 10.2 Å². The maximum atomic E-state index is 12.7. The van der Waals surface area contributed by atoms with Crippen molar-refractivity contribution in [3.8, 4) is 0 Å². The van der Waals surface area contributed by atoms with Gasteiger partial charge in [0.1, 0.15) is 6.04 Å². The van der Waals surface area contributed by atoms with Gasteiger partial charge in [0.15, 0.2) is 20.7 Å². The third-order valence-corrected chi connectivity index (χ3v) is 6.61. The summed E-state index contributed by atoms with van der Waals surface area (Å²) in [4.78, 5) is 31.3. The molecule has 3 aromatic rings. The molecule has 0 aliphatic carbocycles. The number of benzene rings is 1. The Kier molecular flexibility index (Phi) is 4.68. The molecule has 1 aliphatic heterocycles. The molecule has 4 rings (SSSR count). The SMILES string of the molecule is CS(=O)(=O)c1ccc2nc(NC(=O)[C@@H]3CCCN3C(=O)c3ccco3)sc2c1. The lowest BCUT2D eigenvalue weighted by molar-refractivity contribution is -0.119. The summed E-state index contributed by atoms with van der Waals surface area (Å²) in [6.07, 6.45) is 3.84. The first-order valence-corrected chi connectivity index (χ1v) is 11.3. The molecule has 1 N–H and O–H groups in total. The third kappa shape index (κ3) is 3.52. The molecule has 28 heavy (non-hydrogen) atoms. The number of rotatable bonds is 4. The molecule has 3 heterocycles. The van der Waals surface area contributed by atoms with Crippen molar-refractivity contribution in [2.75, 3.05) is 18.1 Å². The maximum absolute atomic E-state index is 12.7. The van der Waals surface area contributed by atoms with Gasteiger partial charge in [0, 0.05) is 12.8 Å². The van der Waals surface area contributed by atoms with E-state index in [1.165, 1.54) is 28.6 Å². The van der Waals surface area contributed by atoms with Crippen LogP contribution in [0.4, 0.5) is 5.13 Å². The van der Waals surface area contributed by atoms with E-state index in [-0.39, 0.29) is 22.5 Å². The molecule has 0 unspecified atom stereocenters. The highest BCUT2D eigenvalue weighted by Crippen LogP contribution is 2.29. The lowest BCUT2D eigenvalue weighted by Crippen LogP contribution is -2.43. The number of nitrogens with one attached hydrogen (secondary N) is 1. The number of sulfone groups is 1. The molecule has 2 aromatic heterocycles. The van der Waals surface area contributed by atoms with E-state index in [1.54, 1.807) is 24.3 Å². The molecule has 0 radical (unpaired) electrons. The highest BCUT2D eigenvalue weighted by molar-refractivity contribution is 7.90. The predicted octanol–water partition coefficient (Wildman–Crippen LogP) is 2.54. The van der Waals surface area contributed by atoms with Crippen LogP contribution in [0, 0.1) is 0 Å². The number of amides is 2. The van der Waals surface area contributed by atoms with E-state index in [0.29, 0.717) is 28.3 Å². The standard InChI is InChI=1S/C18H17N3O5S2/c1-28(24,25)11-6-7-12-15(10-11)27-18(19-12)20-16(22)13-4-2-8-21(13)17(23)14-5-3-9-26-14/h3,5-7,9-10,13H,2,4,8H2,1H3,(H,19,20,22)/t13-/m0/s1. The van der Waals surface area contributed by atoms with Crippen molar-refractivity contribution in [1.29, 1.82) is 0 Å². The first-order valence-electron chi connectivity index (χ1n) is 8.59. The van der Waals surface area contributed by atoms with Gasteiger partial charge in [-0.1, -0.05) is 11.3 Å². The number of hydrogen-bond donors (Lipinski definition) is 1. The zero-order chi connectivity index (χ0) is 19.9. The molecule has 1 aromatic carbocycles. The highest BCUT2D eigenvalue weighted by Gasteiger charge is 2.35. The van der Waals surface area contributed by atoms with Crippen molar-refractivity contribution in [3.05, 3.63) is 42.4 Å². The second-order valence-corrected chi connectivity index (χ2v) is 9.59. The molecule has 146 valence electrons. The second-order valence-electron chi connectivity index (χ2n) is 6.54. The molecule has 0 spiro atoms. The number of aromatic nitrogens is 1. The van der Waals surface area contributed by atoms with Gasteiger partial charge in [-0.2, -0.15) is 0 Å². The summed E-state index contributed by atoms with van der Waals surface area (Å²) in [6, 6.07) is 7.24. The van der Waals surface area contributed by atoms with Gasteiger partial charge in [-0.25, -0.2) is 13.4 Å². The fourth-order valence-electron chi connectivity index (χ4n) is 3.20. The largest absolute Gasteiger partial charge is 0.459 e. The van der Waals surface area contributed by atoms with Crippen LogP contribution in [-0.2, 0) is 14.6 Å². The van der Waals surface area contributed by atoms with Gasteiger partial charge in [0.05, 0.1) is 21.4 Å². The summed E-state index contributed by atoms with van der Waals surface area (Å²) in [5, 5.41) is 3.12. The van der Waals surface area contributed by atoms with Crippen molar-refractivity contribution < 1.29 is 22.4 Å². The second kappa shape index (κ2) is 7.02. The Bertz CT molecular complexity index is 1150. The van der Waals surface area contributed by atoms with Crippen molar-refractivity contribution in [2.24, 2.45) is 0 Å². The molecular formula is C18H17N3O5S2. The Morgan fingerprint density at radius 2 is 2.14 bits per heavy atom. The van der Waals surface area contributed by atoms with Crippen LogP contribution in [0.15, 0.2) is 45.9 Å². The highest BCUT2D eigenvalue weighted by atomic mass is 32.2. The summed E-state index contributed by atoms with van der Waals surface area (Å²) in [5.41, 5.74) is 0.600. The van der Waals surface area contributed by atoms with E-state index in [1.807, 2.05) is 0 Å². The van der Waals surface area contributed by atoms with E-state index in [2.05, 4.69) is 10.3 Å². The van der Waals surface area contributed by atoms with Crippen LogP contribution in [0.2, 0.25) is 0 Å². The van der Waals surface area contributed by atoms with Gasteiger partial charge < -0.3 is 14.6 Å². The molecule has 8 nitrogen and oxygen atoms in total. The Balaban J connectivity index is 1.53. The Labute approximate surface area is 165 Å². The number of nitrogens with zero attached hydrogens (tertiary/aromatic N) is 2. The topological polar surface area (TPSA) is 110 Å². The quantitative estimate of drug-likeness (QED) is 0.696. The van der Waals surface area contributed by atoms with Crippen LogP contribution in [0.5, 0.6) is 0 Å². The molecule has 2 amide bonds. The number of hydrogen-bond acceptors (Lipinski definition) is 7. The molecular weight excluding hydrogens is 402 g/mol. The molecule has 1 saturated heterocycles. The van der Waals surface area contributed by atoms with Crippen molar-refractivity contribution >= 4 is 48.3 Å². The van der Waals surface area contributed by atoms with E-state index >= 15 is 0 Å². The maximum Gasteiger partial charge on any atom is 0.290 e. The molecule has 1 fully saturated rings. The lowest BCUT2D eigenvalue weighted by atomic mass is 10.2. The molecule has 1 aliphatic rings.